The lowest BCUT2D eigenvalue weighted by atomic mass is 10.1. The highest BCUT2D eigenvalue weighted by Gasteiger charge is 2.32. The van der Waals surface area contributed by atoms with Gasteiger partial charge < -0.3 is 14.6 Å². The van der Waals surface area contributed by atoms with Crippen molar-refractivity contribution in [3.05, 3.63) is 29.3 Å². The fraction of sp³-hybridized carbons (Fsp3) is 0.500. The maximum absolute atomic E-state index is 12.2. The lowest BCUT2D eigenvalue weighted by Crippen LogP contribution is -2.45. The second-order valence-corrected chi connectivity index (χ2v) is 8.14. The van der Waals surface area contributed by atoms with E-state index in [1.54, 1.807) is 12.1 Å². The van der Waals surface area contributed by atoms with Crippen molar-refractivity contribution < 1.29 is 9.21 Å². The van der Waals surface area contributed by atoms with Crippen LogP contribution in [0.15, 0.2) is 33.9 Å². The lowest BCUT2D eigenvalue weighted by molar-refractivity contribution is -0.119. The molecule has 0 atom stereocenters. The minimum Gasteiger partial charge on any atom is -0.411 e. The van der Waals surface area contributed by atoms with Crippen molar-refractivity contribution in [2.45, 2.75) is 43.0 Å². The van der Waals surface area contributed by atoms with Gasteiger partial charge in [0.1, 0.15) is 0 Å². The van der Waals surface area contributed by atoms with Gasteiger partial charge in [-0.3, -0.25) is 4.79 Å². The Balaban J connectivity index is 1.23. The molecule has 6 nitrogen and oxygen atoms in total. The maximum Gasteiger partial charge on any atom is 0.277 e. The van der Waals surface area contributed by atoms with Gasteiger partial charge in [0, 0.05) is 35.8 Å². The summed E-state index contributed by atoms with van der Waals surface area (Å²) in [6.07, 6.45) is 4.75. The molecule has 1 aliphatic carbocycles. The Morgan fingerprint density at radius 1 is 1.27 bits per heavy atom. The zero-order valence-electron chi connectivity index (χ0n) is 14.4. The van der Waals surface area contributed by atoms with Crippen LogP contribution in [0.3, 0.4) is 0 Å². The first-order chi connectivity index (χ1) is 12.7. The molecular weight excluding hydrogens is 372 g/mol. The van der Waals surface area contributed by atoms with E-state index in [2.05, 4.69) is 20.4 Å². The van der Waals surface area contributed by atoms with E-state index < -0.39 is 0 Å². The van der Waals surface area contributed by atoms with E-state index in [1.807, 2.05) is 12.1 Å². The number of nitrogens with zero attached hydrogens (tertiary/aromatic N) is 3. The van der Waals surface area contributed by atoms with Gasteiger partial charge in [-0.25, -0.2) is 0 Å². The number of halogens is 1. The average Bonchev–Trinajstić information content (AvgIpc) is 3.38. The van der Waals surface area contributed by atoms with E-state index >= 15 is 0 Å². The number of benzene rings is 1. The summed E-state index contributed by atoms with van der Waals surface area (Å²) >= 11 is 7.23. The molecule has 1 aliphatic heterocycles. The van der Waals surface area contributed by atoms with Gasteiger partial charge in [-0.1, -0.05) is 29.4 Å². The SMILES string of the molecule is O=C(CSc1nnc(-c2cccc(Cl)c2)o1)NC1CCN(C2CC2)CC1. The predicted molar refractivity (Wildman–Crippen MR) is 101 cm³/mol. The number of nitrogens with one attached hydrogen (secondary N) is 1. The van der Waals surface area contributed by atoms with Gasteiger partial charge in [0.2, 0.25) is 11.8 Å². The molecule has 1 amide bonds. The molecule has 1 saturated carbocycles. The van der Waals surface area contributed by atoms with Gasteiger partial charge in [0.25, 0.3) is 5.22 Å². The number of carbonyl (C=O) groups excluding carboxylic acids is 1. The Morgan fingerprint density at radius 2 is 2.08 bits per heavy atom. The normalized spacial score (nSPS) is 18.8. The number of aromatic nitrogens is 2. The van der Waals surface area contributed by atoms with Crippen LogP contribution < -0.4 is 5.32 Å². The Bertz CT molecular complexity index is 772. The number of carbonyl (C=O) groups is 1. The molecule has 2 fully saturated rings. The minimum atomic E-state index is 0.0161. The van der Waals surface area contributed by atoms with Crippen molar-refractivity contribution in [2.75, 3.05) is 18.8 Å². The van der Waals surface area contributed by atoms with Gasteiger partial charge in [0.15, 0.2) is 0 Å². The molecule has 26 heavy (non-hydrogen) atoms. The van der Waals surface area contributed by atoms with E-state index in [1.165, 1.54) is 24.6 Å². The first kappa shape index (κ1) is 17.8. The quantitative estimate of drug-likeness (QED) is 0.761. The molecule has 1 aromatic heterocycles. The number of hydrogen-bond acceptors (Lipinski definition) is 6. The highest BCUT2D eigenvalue weighted by molar-refractivity contribution is 7.99. The predicted octanol–water partition coefficient (Wildman–Crippen LogP) is 3.23. The molecule has 2 aromatic rings. The zero-order chi connectivity index (χ0) is 17.9. The van der Waals surface area contributed by atoms with Crippen LogP contribution in [0.5, 0.6) is 0 Å². The summed E-state index contributed by atoms with van der Waals surface area (Å²) in [6, 6.07) is 8.34. The van der Waals surface area contributed by atoms with Crippen molar-refractivity contribution in [1.29, 1.82) is 0 Å². The van der Waals surface area contributed by atoms with Gasteiger partial charge in [-0.05, 0) is 43.9 Å². The molecule has 4 rings (SSSR count). The molecule has 138 valence electrons. The molecule has 0 bridgehead atoms. The second-order valence-electron chi connectivity index (χ2n) is 6.78. The van der Waals surface area contributed by atoms with E-state index in [0.29, 0.717) is 16.1 Å². The third kappa shape index (κ3) is 4.58. The Morgan fingerprint density at radius 3 is 2.81 bits per heavy atom. The molecular formula is C18H21ClN4O2S. The van der Waals surface area contributed by atoms with Gasteiger partial charge >= 0.3 is 0 Å². The summed E-state index contributed by atoms with van der Waals surface area (Å²) in [5.41, 5.74) is 0.767. The molecule has 2 aliphatic rings. The minimum absolute atomic E-state index is 0.0161. The van der Waals surface area contributed by atoms with Gasteiger partial charge in [0.05, 0.1) is 5.75 Å². The van der Waals surface area contributed by atoms with E-state index in [-0.39, 0.29) is 17.7 Å². The van der Waals surface area contributed by atoms with Gasteiger partial charge in [-0.15, -0.1) is 10.2 Å². The Hall–Kier alpha value is -1.57. The molecule has 1 saturated heterocycles. The number of likely N-dealkylation sites (tertiary alicyclic amines) is 1. The van der Waals surface area contributed by atoms with Crippen LogP contribution in [-0.4, -0.2) is 51.9 Å². The number of hydrogen-bond donors (Lipinski definition) is 1. The van der Waals surface area contributed by atoms with E-state index in [4.69, 9.17) is 16.0 Å². The van der Waals surface area contributed by atoms with Crippen molar-refractivity contribution >= 4 is 29.3 Å². The van der Waals surface area contributed by atoms with Crippen LogP contribution in [-0.2, 0) is 4.79 Å². The monoisotopic (exact) mass is 392 g/mol. The van der Waals surface area contributed by atoms with Crippen LogP contribution in [0.2, 0.25) is 5.02 Å². The molecule has 1 aromatic carbocycles. The summed E-state index contributed by atoms with van der Waals surface area (Å²) in [7, 11) is 0. The van der Waals surface area contributed by atoms with Crippen LogP contribution in [0.25, 0.3) is 11.5 Å². The molecule has 8 heteroatoms. The third-order valence-corrected chi connectivity index (χ3v) is 5.82. The fourth-order valence-electron chi connectivity index (χ4n) is 3.25. The summed E-state index contributed by atoms with van der Waals surface area (Å²) < 4.78 is 5.61. The molecule has 1 N–H and O–H groups in total. The lowest BCUT2D eigenvalue weighted by Gasteiger charge is -2.32. The standard InChI is InChI=1S/C18H21ClN4O2S/c19-13-3-1-2-12(10-13)17-21-22-18(25-17)26-11-16(24)20-14-6-8-23(9-7-14)15-4-5-15/h1-3,10,14-15H,4-9,11H2,(H,20,24). The topological polar surface area (TPSA) is 71.3 Å². The molecule has 2 heterocycles. The maximum atomic E-state index is 12.2. The summed E-state index contributed by atoms with van der Waals surface area (Å²) in [4.78, 5) is 14.7. The fourth-order valence-corrected chi connectivity index (χ4v) is 4.02. The van der Waals surface area contributed by atoms with Crippen molar-refractivity contribution in [3.63, 3.8) is 0 Å². The van der Waals surface area contributed by atoms with Crippen LogP contribution in [0.1, 0.15) is 25.7 Å². The van der Waals surface area contributed by atoms with Crippen LogP contribution in [0, 0.1) is 0 Å². The largest absolute Gasteiger partial charge is 0.411 e. The Kier molecular flexibility index (Phi) is 5.47. The Labute approximate surface area is 161 Å². The smallest absolute Gasteiger partial charge is 0.277 e. The third-order valence-electron chi connectivity index (χ3n) is 4.76. The van der Waals surface area contributed by atoms with E-state index in [9.17, 15) is 4.79 Å². The summed E-state index contributed by atoms with van der Waals surface area (Å²) in [5.74, 6) is 0.699. The average molecular weight is 393 g/mol. The summed E-state index contributed by atoms with van der Waals surface area (Å²) in [5, 5.41) is 12.1. The van der Waals surface area contributed by atoms with Crippen molar-refractivity contribution in [3.8, 4) is 11.5 Å². The molecule has 0 unspecified atom stereocenters. The van der Waals surface area contributed by atoms with Crippen LogP contribution >= 0.6 is 23.4 Å². The van der Waals surface area contributed by atoms with Crippen molar-refractivity contribution in [2.24, 2.45) is 0 Å². The number of rotatable bonds is 6. The van der Waals surface area contributed by atoms with E-state index in [0.717, 1.165) is 37.5 Å². The second kappa shape index (κ2) is 7.98. The molecule has 0 radical (unpaired) electrons. The number of piperidine rings is 1. The van der Waals surface area contributed by atoms with Crippen LogP contribution in [0.4, 0.5) is 0 Å². The van der Waals surface area contributed by atoms with Gasteiger partial charge in [-0.2, -0.15) is 0 Å². The molecule has 0 spiro atoms. The highest BCUT2D eigenvalue weighted by Crippen LogP contribution is 2.29. The highest BCUT2D eigenvalue weighted by atomic mass is 35.5. The zero-order valence-corrected chi connectivity index (χ0v) is 15.9. The first-order valence-electron chi connectivity index (χ1n) is 8.93. The number of thioether (sulfide) groups is 1. The first-order valence-corrected chi connectivity index (χ1v) is 10.3. The summed E-state index contributed by atoms with van der Waals surface area (Å²) in [6.45, 7) is 2.19. The van der Waals surface area contributed by atoms with Crippen molar-refractivity contribution in [1.82, 2.24) is 20.4 Å². The number of amides is 1.